The van der Waals surface area contributed by atoms with Gasteiger partial charge < -0.3 is 15.0 Å². The predicted octanol–water partition coefficient (Wildman–Crippen LogP) is 4.05. The molecule has 1 aliphatic rings. The van der Waals surface area contributed by atoms with E-state index in [0.29, 0.717) is 12.0 Å². The molecular weight excluding hydrogens is 342 g/mol. The lowest BCUT2D eigenvalue weighted by Crippen LogP contribution is -2.48. The first-order valence-electron chi connectivity index (χ1n) is 9.44. The molecule has 2 aromatic rings. The Morgan fingerprint density at radius 3 is 2.65 bits per heavy atom. The molecule has 26 heavy (non-hydrogen) atoms. The van der Waals surface area contributed by atoms with Crippen LogP contribution in [0.1, 0.15) is 24.6 Å². The van der Waals surface area contributed by atoms with Gasteiger partial charge in [-0.25, -0.2) is 0 Å². The van der Waals surface area contributed by atoms with Crippen LogP contribution in [0.5, 0.6) is 5.75 Å². The van der Waals surface area contributed by atoms with Gasteiger partial charge in [-0.3, -0.25) is 4.99 Å². The average Bonchev–Trinajstić information content (AvgIpc) is 3.17. The van der Waals surface area contributed by atoms with E-state index in [0.717, 1.165) is 50.6 Å². The van der Waals surface area contributed by atoms with Crippen molar-refractivity contribution < 1.29 is 4.74 Å². The lowest BCUT2D eigenvalue weighted by Gasteiger charge is -2.34. The second-order valence-electron chi connectivity index (χ2n) is 6.93. The first kappa shape index (κ1) is 18.8. The molecule has 1 saturated heterocycles. The normalized spacial score (nSPS) is 17.2. The largest absolute Gasteiger partial charge is 0.490 e. The number of hydrogen-bond donors (Lipinski definition) is 1. The zero-order chi connectivity index (χ0) is 18.2. The van der Waals surface area contributed by atoms with Crippen molar-refractivity contribution in [2.45, 2.75) is 32.3 Å². The molecule has 5 heteroatoms. The van der Waals surface area contributed by atoms with E-state index in [9.17, 15) is 0 Å². The number of hydrogen-bond acceptors (Lipinski definition) is 3. The summed E-state index contributed by atoms with van der Waals surface area (Å²) in [4.78, 5) is 8.28. The number of aliphatic imine (C=N–C) groups is 1. The maximum absolute atomic E-state index is 6.09. The second kappa shape index (κ2) is 9.62. The third-order valence-electron chi connectivity index (χ3n) is 4.74. The summed E-state index contributed by atoms with van der Waals surface area (Å²) in [5.41, 5.74) is 0. The lowest BCUT2D eigenvalue weighted by atomic mass is 10.1. The highest BCUT2D eigenvalue weighted by atomic mass is 32.1. The lowest BCUT2D eigenvalue weighted by molar-refractivity contribution is 0.129. The molecule has 1 aromatic carbocycles. The molecule has 3 rings (SSSR count). The first-order valence-corrected chi connectivity index (χ1v) is 10.3. The van der Waals surface area contributed by atoms with Gasteiger partial charge in [0, 0.05) is 44.4 Å². The highest BCUT2D eigenvalue weighted by Gasteiger charge is 2.22. The average molecular weight is 372 g/mol. The van der Waals surface area contributed by atoms with E-state index in [1.54, 1.807) is 0 Å². The summed E-state index contributed by atoms with van der Waals surface area (Å²) in [5.74, 6) is 2.57. The molecule has 0 bridgehead atoms. The van der Waals surface area contributed by atoms with E-state index >= 15 is 0 Å². The summed E-state index contributed by atoms with van der Waals surface area (Å²) in [5, 5.41) is 5.70. The Morgan fingerprint density at radius 2 is 2.00 bits per heavy atom. The highest BCUT2D eigenvalue weighted by Crippen LogP contribution is 2.19. The molecule has 0 radical (unpaired) electrons. The minimum absolute atomic E-state index is 0.296. The fraction of sp³-hybridized carbons (Fsp3) is 0.476. The molecule has 1 fully saturated rings. The van der Waals surface area contributed by atoms with Crippen molar-refractivity contribution in [2.24, 2.45) is 10.9 Å². The smallest absolute Gasteiger partial charge is 0.193 e. The van der Waals surface area contributed by atoms with Crippen LogP contribution in [0.4, 0.5) is 0 Å². The quantitative estimate of drug-likeness (QED) is 0.615. The van der Waals surface area contributed by atoms with Crippen LogP contribution in [-0.2, 0) is 6.42 Å². The fourth-order valence-electron chi connectivity index (χ4n) is 3.32. The zero-order valence-corrected chi connectivity index (χ0v) is 16.5. The number of ether oxygens (including phenoxy) is 1. The number of nitrogens with one attached hydrogen (secondary N) is 1. The van der Waals surface area contributed by atoms with E-state index in [2.05, 4.69) is 39.6 Å². The van der Waals surface area contributed by atoms with Gasteiger partial charge in [-0.05, 0) is 35.9 Å². The van der Waals surface area contributed by atoms with Crippen LogP contribution in [0.15, 0.2) is 52.8 Å². The van der Waals surface area contributed by atoms with Crippen LogP contribution in [0.2, 0.25) is 0 Å². The minimum Gasteiger partial charge on any atom is -0.490 e. The fourth-order valence-corrected chi connectivity index (χ4v) is 4.19. The van der Waals surface area contributed by atoms with Crippen molar-refractivity contribution >= 4 is 17.3 Å². The molecule has 0 amide bonds. The van der Waals surface area contributed by atoms with Crippen LogP contribution >= 0.6 is 11.3 Å². The van der Waals surface area contributed by atoms with Gasteiger partial charge in [0.05, 0.1) is 0 Å². The number of likely N-dealkylation sites (tertiary alicyclic amines) is 1. The van der Waals surface area contributed by atoms with Gasteiger partial charge in [-0.15, -0.1) is 11.3 Å². The Hall–Kier alpha value is -2.01. The van der Waals surface area contributed by atoms with Crippen LogP contribution in [0.25, 0.3) is 0 Å². The van der Waals surface area contributed by atoms with Crippen molar-refractivity contribution in [1.82, 2.24) is 10.2 Å². The van der Waals surface area contributed by atoms with Crippen molar-refractivity contribution in [3.63, 3.8) is 0 Å². The number of thiophene rings is 1. The molecule has 140 valence electrons. The number of benzene rings is 1. The Bertz CT molecular complexity index is 664. The molecule has 1 aliphatic heterocycles. The van der Waals surface area contributed by atoms with Crippen LogP contribution in [0.3, 0.4) is 0 Å². The summed E-state index contributed by atoms with van der Waals surface area (Å²) in [6.07, 6.45) is 3.47. The molecule has 4 nitrogen and oxygen atoms in total. The van der Waals surface area contributed by atoms with E-state index in [1.807, 2.05) is 48.7 Å². The summed E-state index contributed by atoms with van der Waals surface area (Å²) in [6.45, 7) is 5.21. The molecular formula is C21H29N3OS. The number of rotatable bonds is 6. The topological polar surface area (TPSA) is 36.9 Å². The van der Waals surface area contributed by atoms with Crippen molar-refractivity contribution in [3.05, 3.63) is 52.7 Å². The monoisotopic (exact) mass is 371 g/mol. The maximum Gasteiger partial charge on any atom is 0.193 e. The summed E-state index contributed by atoms with van der Waals surface area (Å²) >= 11 is 1.84. The molecule has 0 saturated carbocycles. The molecule has 0 aliphatic carbocycles. The molecule has 0 spiro atoms. The van der Waals surface area contributed by atoms with Crippen molar-refractivity contribution in [3.8, 4) is 5.75 Å². The summed E-state index contributed by atoms with van der Waals surface area (Å²) in [7, 11) is 1.87. The predicted molar refractivity (Wildman–Crippen MR) is 110 cm³/mol. The zero-order valence-electron chi connectivity index (χ0n) is 15.7. The summed E-state index contributed by atoms with van der Waals surface area (Å²) in [6, 6.07) is 14.5. The third kappa shape index (κ3) is 5.49. The van der Waals surface area contributed by atoms with Gasteiger partial charge in [0.25, 0.3) is 0 Å². The molecule has 1 N–H and O–H groups in total. The van der Waals surface area contributed by atoms with Gasteiger partial charge in [0.2, 0.25) is 0 Å². The van der Waals surface area contributed by atoms with Crippen LogP contribution < -0.4 is 10.1 Å². The Kier molecular flexibility index (Phi) is 6.95. The standard InChI is InChI=1S/C21H29N3OS/c1-17(15-20-9-6-14-26-20)16-23-21(22-2)24-12-10-19(11-13-24)25-18-7-4-3-5-8-18/h3-9,14,17,19H,10-13,15-16H2,1-2H3,(H,22,23). The van der Waals surface area contributed by atoms with Gasteiger partial charge in [-0.1, -0.05) is 31.2 Å². The number of nitrogens with zero attached hydrogens (tertiary/aromatic N) is 2. The van der Waals surface area contributed by atoms with Gasteiger partial charge in [-0.2, -0.15) is 0 Å². The highest BCUT2D eigenvalue weighted by molar-refractivity contribution is 7.09. The Labute approximate surface area is 160 Å². The van der Waals surface area contributed by atoms with E-state index < -0.39 is 0 Å². The van der Waals surface area contributed by atoms with Gasteiger partial charge >= 0.3 is 0 Å². The van der Waals surface area contributed by atoms with Gasteiger partial charge in [0.1, 0.15) is 11.9 Å². The first-order chi connectivity index (χ1) is 12.7. The maximum atomic E-state index is 6.09. The SMILES string of the molecule is CN=C(NCC(C)Cc1cccs1)N1CCC(Oc2ccccc2)CC1. The van der Waals surface area contributed by atoms with E-state index in [4.69, 9.17) is 4.74 Å². The molecule has 1 aromatic heterocycles. The number of para-hydroxylation sites is 1. The number of piperidine rings is 1. The third-order valence-corrected chi connectivity index (χ3v) is 5.64. The molecule has 1 atom stereocenters. The van der Waals surface area contributed by atoms with Gasteiger partial charge in [0.15, 0.2) is 5.96 Å². The Balaban J connectivity index is 1.42. The van der Waals surface area contributed by atoms with Crippen LogP contribution in [0, 0.1) is 5.92 Å². The van der Waals surface area contributed by atoms with Crippen LogP contribution in [-0.4, -0.2) is 43.6 Å². The molecule has 2 heterocycles. The Morgan fingerprint density at radius 1 is 1.23 bits per heavy atom. The molecule has 1 unspecified atom stereocenters. The minimum atomic E-state index is 0.296. The van der Waals surface area contributed by atoms with E-state index in [-0.39, 0.29) is 0 Å². The summed E-state index contributed by atoms with van der Waals surface area (Å²) < 4.78 is 6.09. The second-order valence-corrected chi connectivity index (χ2v) is 7.97. The van der Waals surface area contributed by atoms with E-state index in [1.165, 1.54) is 4.88 Å². The number of guanidine groups is 1. The van der Waals surface area contributed by atoms with Crippen molar-refractivity contribution in [1.29, 1.82) is 0 Å². The van der Waals surface area contributed by atoms with Crippen molar-refractivity contribution in [2.75, 3.05) is 26.7 Å².